The Morgan fingerprint density at radius 1 is 1.25 bits per heavy atom. The Hall–Kier alpha value is -1.38. The molecular weight excluding hydrogens is 207 g/mol. The first kappa shape index (κ1) is 11.1. The van der Waals surface area contributed by atoms with Gasteiger partial charge in [-0.1, -0.05) is 6.07 Å². The van der Waals surface area contributed by atoms with Gasteiger partial charge in [-0.15, -0.1) is 0 Å². The molecule has 1 aromatic rings. The number of ether oxygens (including phenoxy) is 1. The molecule has 86 valence electrons. The predicted molar refractivity (Wildman–Crippen MR) is 58.6 cm³/mol. The van der Waals surface area contributed by atoms with Gasteiger partial charge in [0.05, 0.1) is 6.10 Å². The fraction of sp³-hybridized carbons (Fsp3) is 0.462. The molecule has 1 unspecified atom stereocenters. The van der Waals surface area contributed by atoms with Gasteiger partial charge in [-0.3, -0.25) is 4.79 Å². The van der Waals surface area contributed by atoms with Gasteiger partial charge in [0.1, 0.15) is 5.82 Å². The maximum absolute atomic E-state index is 13.1. The normalized spacial score (nSPS) is 21.4. The van der Waals surface area contributed by atoms with Crippen molar-refractivity contribution in [2.45, 2.75) is 38.7 Å². The lowest BCUT2D eigenvalue weighted by Gasteiger charge is -2.11. The third kappa shape index (κ3) is 2.60. The van der Waals surface area contributed by atoms with Gasteiger partial charge in [0, 0.05) is 6.42 Å². The summed E-state index contributed by atoms with van der Waals surface area (Å²) in [6.45, 7) is 1.90. The molecule has 0 aromatic heterocycles. The highest BCUT2D eigenvalue weighted by atomic mass is 19.1. The molecule has 1 atom stereocenters. The second-order valence-electron chi connectivity index (χ2n) is 4.25. The lowest BCUT2D eigenvalue weighted by molar-refractivity contribution is -0.148. The molecule has 0 spiro atoms. The molecule has 2 rings (SSSR count). The fourth-order valence-electron chi connectivity index (χ4n) is 2.01. The van der Waals surface area contributed by atoms with Gasteiger partial charge in [-0.25, -0.2) is 4.39 Å². The molecule has 1 heterocycles. The quantitative estimate of drug-likeness (QED) is 0.631. The van der Waals surface area contributed by atoms with Gasteiger partial charge < -0.3 is 4.74 Å². The molecule has 1 aliphatic heterocycles. The van der Waals surface area contributed by atoms with Crippen molar-refractivity contribution in [1.29, 1.82) is 0 Å². The second-order valence-corrected chi connectivity index (χ2v) is 4.25. The zero-order valence-electron chi connectivity index (χ0n) is 9.33. The van der Waals surface area contributed by atoms with Crippen molar-refractivity contribution in [2.24, 2.45) is 0 Å². The molecule has 0 saturated carbocycles. The van der Waals surface area contributed by atoms with E-state index in [0.717, 1.165) is 24.0 Å². The van der Waals surface area contributed by atoms with Gasteiger partial charge in [-0.2, -0.15) is 0 Å². The molecule has 0 N–H and O–H groups in total. The molecule has 0 bridgehead atoms. The first-order chi connectivity index (χ1) is 7.65. The highest BCUT2D eigenvalue weighted by Crippen LogP contribution is 2.19. The number of carbonyl (C=O) groups is 1. The molecular formula is C13H15FO2. The van der Waals surface area contributed by atoms with Crippen LogP contribution in [0.2, 0.25) is 0 Å². The lowest BCUT2D eigenvalue weighted by atomic mass is 9.98. The summed E-state index contributed by atoms with van der Waals surface area (Å²) >= 11 is 0. The number of hydrogen-bond acceptors (Lipinski definition) is 2. The van der Waals surface area contributed by atoms with Gasteiger partial charge in [-0.05, 0) is 49.4 Å². The van der Waals surface area contributed by atoms with Crippen LogP contribution in [0.4, 0.5) is 4.39 Å². The van der Waals surface area contributed by atoms with E-state index < -0.39 is 0 Å². The molecule has 1 aromatic carbocycles. The van der Waals surface area contributed by atoms with E-state index >= 15 is 0 Å². The fourth-order valence-corrected chi connectivity index (χ4v) is 2.01. The van der Waals surface area contributed by atoms with Gasteiger partial charge in [0.2, 0.25) is 0 Å². The number of aryl methyl sites for hydroxylation is 2. The van der Waals surface area contributed by atoms with Crippen molar-refractivity contribution in [3.05, 3.63) is 35.1 Å². The van der Waals surface area contributed by atoms with E-state index in [1.807, 2.05) is 13.0 Å². The van der Waals surface area contributed by atoms with Crippen molar-refractivity contribution in [3.63, 3.8) is 0 Å². The van der Waals surface area contributed by atoms with Crippen molar-refractivity contribution in [1.82, 2.24) is 0 Å². The standard InChI is InChI=1S/C13H15FO2/c1-9-2-3-10-4-6-12(14)8-11(10)5-7-13(15)16-9/h4,6,8-9H,2-3,5,7H2,1H3. The third-order valence-electron chi connectivity index (χ3n) is 2.92. The van der Waals surface area contributed by atoms with Crippen molar-refractivity contribution >= 4 is 5.97 Å². The maximum atomic E-state index is 13.1. The van der Waals surface area contributed by atoms with Crippen molar-refractivity contribution < 1.29 is 13.9 Å². The zero-order valence-corrected chi connectivity index (χ0v) is 9.33. The van der Waals surface area contributed by atoms with Crippen LogP contribution in [0.1, 0.15) is 30.9 Å². The number of hydrogen-bond donors (Lipinski definition) is 0. The lowest BCUT2D eigenvalue weighted by Crippen LogP contribution is -2.14. The van der Waals surface area contributed by atoms with E-state index in [1.165, 1.54) is 12.1 Å². The Morgan fingerprint density at radius 3 is 2.88 bits per heavy atom. The van der Waals surface area contributed by atoms with Gasteiger partial charge in [0.15, 0.2) is 0 Å². The number of benzene rings is 1. The molecule has 2 nitrogen and oxygen atoms in total. The molecule has 3 heteroatoms. The van der Waals surface area contributed by atoms with E-state index in [9.17, 15) is 9.18 Å². The van der Waals surface area contributed by atoms with E-state index in [1.54, 1.807) is 0 Å². The van der Waals surface area contributed by atoms with Crippen molar-refractivity contribution in [3.8, 4) is 0 Å². The molecule has 1 aliphatic rings. The van der Waals surface area contributed by atoms with Crippen LogP contribution in [0, 0.1) is 5.82 Å². The van der Waals surface area contributed by atoms with Crippen LogP contribution < -0.4 is 0 Å². The Kier molecular flexibility index (Phi) is 3.22. The summed E-state index contributed by atoms with van der Waals surface area (Å²) in [7, 11) is 0. The number of cyclic esters (lactones) is 1. The summed E-state index contributed by atoms with van der Waals surface area (Å²) < 4.78 is 18.3. The number of esters is 1. The molecule has 0 fully saturated rings. The minimum atomic E-state index is -0.237. The Labute approximate surface area is 94.4 Å². The first-order valence-electron chi connectivity index (χ1n) is 5.62. The van der Waals surface area contributed by atoms with Crippen LogP contribution >= 0.6 is 0 Å². The number of carbonyl (C=O) groups excluding carboxylic acids is 1. The smallest absolute Gasteiger partial charge is 0.306 e. The van der Waals surface area contributed by atoms with Crippen LogP contribution in [0.25, 0.3) is 0 Å². The minimum Gasteiger partial charge on any atom is -0.463 e. The molecule has 0 aliphatic carbocycles. The van der Waals surface area contributed by atoms with E-state index in [4.69, 9.17) is 4.74 Å². The van der Waals surface area contributed by atoms with Crippen molar-refractivity contribution in [2.75, 3.05) is 0 Å². The van der Waals surface area contributed by atoms with Crippen LogP contribution in [0.15, 0.2) is 18.2 Å². The maximum Gasteiger partial charge on any atom is 0.306 e. The molecule has 16 heavy (non-hydrogen) atoms. The summed E-state index contributed by atoms with van der Waals surface area (Å²) in [5, 5.41) is 0. The highest BCUT2D eigenvalue weighted by molar-refractivity contribution is 5.70. The second kappa shape index (κ2) is 4.64. The monoisotopic (exact) mass is 222 g/mol. The third-order valence-corrected chi connectivity index (χ3v) is 2.92. The molecule has 0 radical (unpaired) electrons. The average Bonchev–Trinajstić information content (AvgIpc) is 2.30. The van der Waals surface area contributed by atoms with Crippen LogP contribution in [-0.2, 0) is 22.4 Å². The van der Waals surface area contributed by atoms with E-state index in [0.29, 0.717) is 12.8 Å². The number of fused-ring (bicyclic) bond motifs is 1. The number of rotatable bonds is 0. The largest absolute Gasteiger partial charge is 0.463 e. The summed E-state index contributed by atoms with van der Waals surface area (Å²) in [5.41, 5.74) is 2.07. The summed E-state index contributed by atoms with van der Waals surface area (Å²) in [5.74, 6) is -0.427. The molecule has 0 amide bonds. The predicted octanol–water partition coefficient (Wildman–Crippen LogP) is 2.64. The van der Waals surface area contributed by atoms with E-state index in [-0.39, 0.29) is 17.9 Å². The highest BCUT2D eigenvalue weighted by Gasteiger charge is 2.15. The van der Waals surface area contributed by atoms with Gasteiger partial charge in [0.25, 0.3) is 0 Å². The minimum absolute atomic E-state index is 0.0523. The van der Waals surface area contributed by atoms with Crippen LogP contribution in [0.3, 0.4) is 0 Å². The van der Waals surface area contributed by atoms with E-state index in [2.05, 4.69) is 0 Å². The Bertz CT molecular complexity index is 401. The first-order valence-corrected chi connectivity index (χ1v) is 5.62. The topological polar surface area (TPSA) is 26.3 Å². The van der Waals surface area contributed by atoms with Gasteiger partial charge >= 0.3 is 5.97 Å². The van der Waals surface area contributed by atoms with Crippen LogP contribution in [-0.4, -0.2) is 12.1 Å². The Morgan fingerprint density at radius 2 is 2.06 bits per heavy atom. The average molecular weight is 222 g/mol. The number of halogens is 1. The summed E-state index contributed by atoms with van der Waals surface area (Å²) in [4.78, 5) is 11.4. The SMILES string of the molecule is CC1CCc2ccc(F)cc2CCC(=O)O1. The van der Waals surface area contributed by atoms with Crippen LogP contribution in [0.5, 0.6) is 0 Å². The summed E-state index contributed by atoms with van der Waals surface area (Å²) in [6, 6.07) is 4.82. The Balaban J connectivity index is 2.26. The zero-order chi connectivity index (χ0) is 11.5. The molecule has 0 saturated heterocycles. The summed E-state index contributed by atoms with van der Waals surface area (Å²) in [6.07, 6.45) is 2.48.